The minimum Gasteiger partial charge on any atom is -0.442 e. The first kappa shape index (κ1) is 20.4. The lowest BCUT2D eigenvalue weighted by molar-refractivity contribution is -0.119. The summed E-state index contributed by atoms with van der Waals surface area (Å²) in [5, 5.41) is 20.9. The van der Waals surface area contributed by atoms with Crippen molar-refractivity contribution in [1.29, 1.82) is 10.5 Å². The van der Waals surface area contributed by atoms with E-state index in [9.17, 15) is 19.2 Å². The third-order valence-corrected chi connectivity index (χ3v) is 5.41. The Balaban J connectivity index is 1.67. The monoisotopic (exact) mass is 399 g/mol. The lowest BCUT2D eigenvalue weighted by Crippen LogP contribution is -2.39. The van der Waals surface area contributed by atoms with E-state index in [0.717, 1.165) is 0 Å². The van der Waals surface area contributed by atoms with Crippen molar-refractivity contribution in [2.75, 3.05) is 36.0 Å². The Morgan fingerprint density at radius 2 is 2.10 bits per heavy atom. The molecule has 0 radical (unpaired) electrons. The van der Waals surface area contributed by atoms with Crippen LogP contribution in [0.3, 0.4) is 0 Å². The zero-order valence-electron chi connectivity index (χ0n) is 16.2. The van der Waals surface area contributed by atoms with Crippen molar-refractivity contribution in [1.82, 2.24) is 5.32 Å². The first-order chi connectivity index (χ1) is 13.9. The van der Waals surface area contributed by atoms with Gasteiger partial charge in [-0.1, -0.05) is 0 Å². The largest absolute Gasteiger partial charge is 0.442 e. The van der Waals surface area contributed by atoms with E-state index in [0.29, 0.717) is 37.3 Å². The van der Waals surface area contributed by atoms with E-state index in [1.807, 2.05) is 4.90 Å². The van der Waals surface area contributed by atoms with E-state index >= 15 is 0 Å². The fourth-order valence-electron chi connectivity index (χ4n) is 3.67. The zero-order chi connectivity index (χ0) is 21.0. The SMILES string of the molecule is CC(=O)NC[C@H]1CN(c2ccc(N3CCC(C#N)(CC#N)CC3)c(F)c2)C(=O)O1. The summed E-state index contributed by atoms with van der Waals surface area (Å²) in [5.41, 5.74) is 0.123. The van der Waals surface area contributed by atoms with E-state index in [2.05, 4.69) is 17.5 Å². The van der Waals surface area contributed by atoms with Crippen LogP contribution in [-0.4, -0.2) is 44.3 Å². The third-order valence-electron chi connectivity index (χ3n) is 5.41. The summed E-state index contributed by atoms with van der Waals surface area (Å²) in [6.45, 7) is 2.77. The number of ether oxygens (including phenoxy) is 1. The van der Waals surface area contributed by atoms with Crippen LogP contribution in [0.1, 0.15) is 26.2 Å². The van der Waals surface area contributed by atoms with Crippen molar-refractivity contribution in [3.05, 3.63) is 24.0 Å². The van der Waals surface area contributed by atoms with Gasteiger partial charge in [0.2, 0.25) is 5.91 Å². The highest BCUT2D eigenvalue weighted by Gasteiger charge is 2.36. The topological polar surface area (TPSA) is 109 Å². The summed E-state index contributed by atoms with van der Waals surface area (Å²) < 4.78 is 20.0. The van der Waals surface area contributed by atoms with Gasteiger partial charge in [0.25, 0.3) is 0 Å². The summed E-state index contributed by atoms with van der Waals surface area (Å²) in [4.78, 5) is 26.3. The Hall–Kier alpha value is -3.33. The molecular weight excluding hydrogens is 377 g/mol. The van der Waals surface area contributed by atoms with Crippen molar-refractivity contribution in [3.8, 4) is 12.1 Å². The van der Waals surface area contributed by atoms with Crippen molar-refractivity contribution in [2.24, 2.45) is 5.41 Å². The molecule has 0 bridgehead atoms. The lowest BCUT2D eigenvalue weighted by Gasteiger charge is -2.37. The van der Waals surface area contributed by atoms with Gasteiger partial charge < -0.3 is 15.0 Å². The smallest absolute Gasteiger partial charge is 0.414 e. The molecule has 2 fully saturated rings. The van der Waals surface area contributed by atoms with E-state index in [1.54, 1.807) is 12.1 Å². The molecule has 2 saturated heterocycles. The van der Waals surface area contributed by atoms with Gasteiger partial charge in [0.1, 0.15) is 11.9 Å². The first-order valence-electron chi connectivity index (χ1n) is 9.43. The van der Waals surface area contributed by atoms with E-state index in [-0.39, 0.29) is 25.4 Å². The van der Waals surface area contributed by atoms with Gasteiger partial charge in [-0.15, -0.1) is 0 Å². The molecule has 2 heterocycles. The van der Waals surface area contributed by atoms with Crippen LogP contribution in [0.4, 0.5) is 20.6 Å². The molecule has 9 heteroatoms. The maximum Gasteiger partial charge on any atom is 0.414 e. The quantitative estimate of drug-likeness (QED) is 0.814. The third kappa shape index (κ3) is 4.40. The molecule has 2 amide bonds. The first-order valence-corrected chi connectivity index (χ1v) is 9.43. The van der Waals surface area contributed by atoms with Crippen LogP contribution in [0.2, 0.25) is 0 Å². The molecule has 0 saturated carbocycles. The number of nitriles is 2. The Morgan fingerprint density at radius 1 is 1.38 bits per heavy atom. The van der Waals surface area contributed by atoms with Gasteiger partial charge in [0, 0.05) is 20.0 Å². The number of hydrogen-bond acceptors (Lipinski definition) is 6. The fraction of sp³-hybridized carbons (Fsp3) is 0.500. The second kappa shape index (κ2) is 8.36. The second-order valence-corrected chi connectivity index (χ2v) is 7.40. The number of benzene rings is 1. The molecule has 1 aromatic carbocycles. The highest BCUT2D eigenvalue weighted by Crippen LogP contribution is 2.37. The van der Waals surface area contributed by atoms with Crippen LogP contribution in [0.15, 0.2) is 18.2 Å². The summed E-state index contributed by atoms with van der Waals surface area (Å²) >= 11 is 0. The van der Waals surface area contributed by atoms with Crippen LogP contribution < -0.4 is 15.1 Å². The molecule has 152 valence electrons. The molecule has 3 rings (SSSR count). The molecule has 0 unspecified atom stereocenters. The maximum absolute atomic E-state index is 14.8. The molecule has 29 heavy (non-hydrogen) atoms. The molecule has 2 aliphatic heterocycles. The summed E-state index contributed by atoms with van der Waals surface area (Å²) in [6, 6.07) is 8.88. The van der Waals surface area contributed by atoms with E-state index < -0.39 is 23.4 Å². The minimum absolute atomic E-state index is 0.176. The Bertz CT molecular complexity index is 883. The fourth-order valence-corrected chi connectivity index (χ4v) is 3.67. The van der Waals surface area contributed by atoms with Crippen LogP contribution in [0.25, 0.3) is 0 Å². The lowest BCUT2D eigenvalue weighted by atomic mass is 9.77. The van der Waals surface area contributed by atoms with Gasteiger partial charge in [-0.25, -0.2) is 9.18 Å². The van der Waals surface area contributed by atoms with Crippen molar-refractivity contribution < 1.29 is 18.7 Å². The number of carbonyl (C=O) groups excluding carboxylic acids is 2. The normalized spacial score (nSPS) is 20.6. The number of nitrogens with zero attached hydrogens (tertiary/aromatic N) is 4. The van der Waals surface area contributed by atoms with Gasteiger partial charge in [-0.05, 0) is 31.0 Å². The van der Waals surface area contributed by atoms with Crippen LogP contribution in [-0.2, 0) is 9.53 Å². The maximum atomic E-state index is 14.8. The molecule has 0 aromatic heterocycles. The standard InChI is InChI=1S/C20H22FN5O3/c1-14(27)24-11-16-12-26(19(28)29-16)15-2-3-18(17(21)10-15)25-8-5-20(13-23,4-7-22)6-9-25/h2-3,10,16H,4-6,8-9,11-12H2,1H3,(H,24,27)/t16-/m0/s1. The number of cyclic esters (lactones) is 1. The average Bonchev–Trinajstić information content (AvgIpc) is 3.08. The van der Waals surface area contributed by atoms with Crippen LogP contribution >= 0.6 is 0 Å². The van der Waals surface area contributed by atoms with Gasteiger partial charge in [0.05, 0.1) is 48.4 Å². The molecule has 8 nitrogen and oxygen atoms in total. The van der Waals surface area contributed by atoms with Crippen molar-refractivity contribution in [3.63, 3.8) is 0 Å². The Labute approximate surface area is 168 Å². The number of hydrogen-bond donors (Lipinski definition) is 1. The van der Waals surface area contributed by atoms with Crippen molar-refractivity contribution in [2.45, 2.75) is 32.3 Å². The number of carbonyl (C=O) groups is 2. The van der Waals surface area contributed by atoms with E-state index in [1.165, 1.54) is 17.9 Å². The van der Waals surface area contributed by atoms with Gasteiger partial charge in [-0.3, -0.25) is 9.69 Å². The van der Waals surface area contributed by atoms with Crippen LogP contribution in [0.5, 0.6) is 0 Å². The summed E-state index contributed by atoms with van der Waals surface area (Å²) in [5.74, 6) is -0.683. The molecular formula is C20H22FN5O3. The minimum atomic E-state index is -0.663. The second-order valence-electron chi connectivity index (χ2n) is 7.40. The molecule has 1 aromatic rings. The highest BCUT2D eigenvalue weighted by molar-refractivity contribution is 5.90. The van der Waals surface area contributed by atoms with Gasteiger partial charge >= 0.3 is 6.09 Å². The summed E-state index contributed by atoms with van der Waals surface area (Å²) in [6.07, 6.45) is 0.106. The number of piperidine rings is 1. The molecule has 0 aliphatic carbocycles. The van der Waals surface area contributed by atoms with E-state index in [4.69, 9.17) is 10.00 Å². The van der Waals surface area contributed by atoms with Gasteiger partial charge in [-0.2, -0.15) is 10.5 Å². The number of amides is 2. The van der Waals surface area contributed by atoms with Gasteiger partial charge in [0.15, 0.2) is 0 Å². The highest BCUT2D eigenvalue weighted by atomic mass is 19.1. The number of anilines is 2. The molecule has 2 aliphatic rings. The number of halogens is 1. The number of nitrogens with one attached hydrogen (secondary N) is 1. The zero-order valence-corrected chi connectivity index (χ0v) is 16.2. The predicted octanol–water partition coefficient (Wildman–Crippen LogP) is 2.31. The predicted molar refractivity (Wildman–Crippen MR) is 102 cm³/mol. The Kier molecular flexibility index (Phi) is 5.88. The molecule has 1 atom stereocenters. The average molecular weight is 399 g/mol. The molecule has 1 N–H and O–H groups in total. The van der Waals surface area contributed by atoms with Crippen molar-refractivity contribution >= 4 is 23.4 Å². The van der Waals surface area contributed by atoms with Crippen LogP contribution in [0, 0.1) is 33.9 Å². The number of rotatable bonds is 5. The summed E-state index contributed by atoms with van der Waals surface area (Å²) in [7, 11) is 0. The Morgan fingerprint density at radius 3 is 2.69 bits per heavy atom. The molecule has 0 spiro atoms.